The molecule has 2 aromatic carbocycles. The van der Waals surface area contributed by atoms with E-state index in [4.69, 9.17) is 5.73 Å². The number of benzene rings is 2. The standard InChI is InChI=1S/C17H19BrN2O/c1-12-15(3-2-4-16(12)18)17(21)20-11-14-7-5-13(6-8-14)9-10-19/h2-8H,9-11,19H2,1H3,(H,20,21). The Balaban J connectivity index is 1.99. The number of hydrogen-bond donors (Lipinski definition) is 2. The quantitative estimate of drug-likeness (QED) is 0.873. The molecule has 0 atom stereocenters. The van der Waals surface area contributed by atoms with Gasteiger partial charge in [-0.3, -0.25) is 4.79 Å². The van der Waals surface area contributed by atoms with E-state index in [0.29, 0.717) is 18.7 Å². The zero-order valence-electron chi connectivity index (χ0n) is 12.0. The van der Waals surface area contributed by atoms with E-state index in [1.807, 2.05) is 37.3 Å². The summed E-state index contributed by atoms with van der Waals surface area (Å²) in [4.78, 5) is 12.2. The van der Waals surface area contributed by atoms with Gasteiger partial charge in [-0.15, -0.1) is 0 Å². The average molecular weight is 347 g/mol. The number of nitrogens with two attached hydrogens (primary N) is 1. The van der Waals surface area contributed by atoms with Crippen LogP contribution in [0.5, 0.6) is 0 Å². The maximum absolute atomic E-state index is 12.2. The van der Waals surface area contributed by atoms with Crippen LogP contribution in [-0.2, 0) is 13.0 Å². The van der Waals surface area contributed by atoms with Gasteiger partial charge in [0.1, 0.15) is 0 Å². The van der Waals surface area contributed by atoms with Crippen molar-refractivity contribution in [3.8, 4) is 0 Å². The number of carbonyl (C=O) groups is 1. The van der Waals surface area contributed by atoms with Gasteiger partial charge < -0.3 is 11.1 Å². The molecule has 0 spiro atoms. The largest absolute Gasteiger partial charge is 0.348 e. The number of halogens is 1. The van der Waals surface area contributed by atoms with Crippen LogP contribution in [0.4, 0.5) is 0 Å². The molecule has 110 valence electrons. The summed E-state index contributed by atoms with van der Waals surface area (Å²) in [5.74, 6) is -0.0557. The molecule has 21 heavy (non-hydrogen) atoms. The topological polar surface area (TPSA) is 55.1 Å². The Bertz CT molecular complexity index is 623. The van der Waals surface area contributed by atoms with Crippen LogP contribution < -0.4 is 11.1 Å². The maximum Gasteiger partial charge on any atom is 0.251 e. The maximum atomic E-state index is 12.2. The fourth-order valence-electron chi connectivity index (χ4n) is 2.12. The Morgan fingerprint density at radius 1 is 1.14 bits per heavy atom. The van der Waals surface area contributed by atoms with Crippen molar-refractivity contribution >= 4 is 21.8 Å². The zero-order chi connectivity index (χ0) is 15.2. The van der Waals surface area contributed by atoms with Crippen LogP contribution in [0.25, 0.3) is 0 Å². The van der Waals surface area contributed by atoms with Crippen LogP contribution in [0.1, 0.15) is 27.0 Å². The molecule has 0 aliphatic rings. The smallest absolute Gasteiger partial charge is 0.251 e. The second kappa shape index (κ2) is 7.38. The highest BCUT2D eigenvalue weighted by molar-refractivity contribution is 9.10. The summed E-state index contributed by atoms with van der Waals surface area (Å²) in [6.07, 6.45) is 0.879. The van der Waals surface area contributed by atoms with Crippen molar-refractivity contribution in [2.45, 2.75) is 19.9 Å². The Morgan fingerprint density at radius 2 is 1.81 bits per heavy atom. The second-order valence-electron chi connectivity index (χ2n) is 4.95. The molecular formula is C17H19BrN2O. The van der Waals surface area contributed by atoms with E-state index in [0.717, 1.165) is 22.0 Å². The van der Waals surface area contributed by atoms with Crippen molar-refractivity contribution in [1.29, 1.82) is 0 Å². The molecule has 4 heteroatoms. The van der Waals surface area contributed by atoms with Crippen molar-refractivity contribution in [1.82, 2.24) is 5.32 Å². The van der Waals surface area contributed by atoms with Gasteiger partial charge in [-0.2, -0.15) is 0 Å². The van der Waals surface area contributed by atoms with E-state index < -0.39 is 0 Å². The molecular weight excluding hydrogens is 328 g/mol. The van der Waals surface area contributed by atoms with Crippen molar-refractivity contribution in [3.63, 3.8) is 0 Å². The lowest BCUT2D eigenvalue weighted by atomic mass is 10.1. The molecule has 0 heterocycles. The van der Waals surface area contributed by atoms with E-state index in [1.165, 1.54) is 5.56 Å². The summed E-state index contributed by atoms with van der Waals surface area (Å²) in [5, 5.41) is 2.95. The first-order valence-electron chi connectivity index (χ1n) is 6.93. The molecule has 0 saturated heterocycles. The molecule has 2 rings (SSSR count). The molecule has 3 N–H and O–H groups in total. The Hall–Kier alpha value is -1.65. The minimum Gasteiger partial charge on any atom is -0.348 e. The minimum atomic E-state index is -0.0557. The van der Waals surface area contributed by atoms with Gasteiger partial charge in [0.15, 0.2) is 0 Å². The van der Waals surface area contributed by atoms with Crippen LogP contribution in [-0.4, -0.2) is 12.5 Å². The molecule has 0 unspecified atom stereocenters. The van der Waals surface area contributed by atoms with E-state index >= 15 is 0 Å². The number of rotatable bonds is 5. The summed E-state index contributed by atoms with van der Waals surface area (Å²) >= 11 is 3.44. The third-order valence-electron chi connectivity index (χ3n) is 3.42. The van der Waals surface area contributed by atoms with Gasteiger partial charge >= 0.3 is 0 Å². The number of amides is 1. The summed E-state index contributed by atoms with van der Waals surface area (Å²) in [7, 11) is 0. The van der Waals surface area contributed by atoms with Gasteiger partial charge in [0.25, 0.3) is 5.91 Å². The Labute approximate surface area is 133 Å². The molecule has 2 aromatic rings. The number of carbonyl (C=O) groups excluding carboxylic acids is 1. The van der Waals surface area contributed by atoms with Crippen LogP contribution >= 0.6 is 15.9 Å². The van der Waals surface area contributed by atoms with E-state index in [-0.39, 0.29) is 5.91 Å². The lowest BCUT2D eigenvalue weighted by molar-refractivity contribution is 0.0950. The third-order valence-corrected chi connectivity index (χ3v) is 4.28. The highest BCUT2D eigenvalue weighted by atomic mass is 79.9. The highest BCUT2D eigenvalue weighted by Crippen LogP contribution is 2.19. The van der Waals surface area contributed by atoms with Gasteiger partial charge in [-0.25, -0.2) is 0 Å². The van der Waals surface area contributed by atoms with Gasteiger partial charge in [-0.1, -0.05) is 46.3 Å². The fourth-order valence-corrected chi connectivity index (χ4v) is 2.49. The second-order valence-corrected chi connectivity index (χ2v) is 5.80. The molecule has 0 fully saturated rings. The predicted octanol–water partition coefficient (Wildman–Crippen LogP) is 3.19. The molecule has 0 radical (unpaired) electrons. The van der Waals surface area contributed by atoms with Gasteiger partial charge in [-0.05, 0) is 48.7 Å². The van der Waals surface area contributed by atoms with Crippen LogP contribution in [0.2, 0.25) is 0 Å². The highest BCUT2D eigenvalue weighted by Gasteiger charge is 2.10. The summed E-state index contributed by atoms with van der Waals surface area (Å²) in [5.41, 5.74) is 9.48. The van der Waals surface area contributed by atoms with Gasteiger partial charge in [0, 0.05) is 16.6 Å². The monoisotopic (exact) mass is 346 g/mol. The molecule has 0 bridgehead atoms. The number of hydrogen-bond acceptors (Lipinski definition) is 2. The third kappa shape index (κ3) is 4.16. The minimum absolute atomic E-state index is 0.0557. The predicted molar refractivity (Wildman–Crippen MR) is 89.2 cm³/mol. The van der Waals surface area contributed by atoms with Gasteiger partial charge in [0.05, 0.1) is 0 Å². The zero-order valence-corrected chi connectivity index (χ0v) is 13.6. The van der Waals surface area contributed by atoms with E-state index in [9.17, 15) is 4.79 Å². The van der Waals surface area contributed by atoms with Crippen molar-refractivity contribution in [2.24, 2.45) is 5.73 Å². The lowest BCUT2D eigenvalue weighted by Crippen LogP contribution is -2.23. The summed E-state index contributed by atoms with van der Waals surface area (Å²) < 4.78 is 0.946. The molecule has 1 amide bonds. The molecule has 0 saturated carbocycles. The Morgan fingerprint density at radius 3 is 2.48 bits per heavy atom. The first-order valence-corrected chi connectivity index (χ1v) is 7.72. The SMILES string of the molecule is Cc1c(Br)cccc1C(=O)NCc1ccc(CCN)cc1. The average Bonchev–Trinajstić information content (AvgIpc) is 2.49. The lowest BCUT2D eigenvalue weighted by Gasteiger charge is -2.09. The van der Waals surface area contributed by atoms with Crippen LogP contribution in [0.15, 0.2) is 46.9 Å². The fraction of sp³-hybridized carbons (Fsp3) is 0.235. The normalized spacial score (nSPS) is 10.4. The summed E-state index contributed by atoms with van der Waals surface area (Å²) in [6.45, 7) is 3.10. The first kappa shape index (κ1) is 15.7. The molecule has 0 aromatic heterocycles. The van der Waals surface area contributed by atoms with Crippen molar-refractivity contribution < 1.29 is 4.79 Å². The van der Waals surface area contributed by atoms with Crippen molar-refractivity contribution in [3.05, 3.63) is 69.2 Å². The van der Waals surface area contributed by atoms with Crippen LogP contribution in [0.3, 0.4) is 0 Å². The number of nitrogens with one attached hydrogen (secondary N) is 1. The van der Waals surface area contributed by atoms with E-state index in [1.54, 1.807) is 0 Å². The summed E-state index contributed by atoms with van der Waals surface area (Å²) in [6, 6.07) is 13.8. The Kier molecular flexibility index (Phi) is 5.53. The van der Waals surface area contributed by atoms with E-state index in [2.05, 4.69) is 33.4 Å². The molecule has 3 nitrogen and oxygen atoms in total. The van der Waals surface area contributed by atoms with Gasteiger partial charge in [0.2, 0.25) is 0 Å². The van der Waals surface area contributed by atoms with Crippen molar-refractivity contribution in [2.75, 3.05) is 6.54 Å². The van der Waals surface area contributed by atoms with Crippen LogP contribution in [0, 0.1) is 6.92 Å². The molecule has 0 aliphatic heterocycles. The first-order chi connectivity index (χ1) is 10.1. The molecule has 0 aliphatic carbocycles.